The molecule has 0 unspecified atom stereocenters. The summed E-state index contributed by atoms with van der Waals surface area (Å²) in [5, 5.41) is 15.2. The van der Waals surface area contributed by atoms with Crippen LogP contribution < -0.4 is 16.4 Å². The second-order valence-electron chi connectivity index (χ2n) is 2.87. The highest BCUT2D eigenvalue weighted by Crippen LogP contribution is 1.96. The molecule has 0 aliphatic carbocycles. The van der Waals surface area contributed by atoms with Crippen LogP contribution in [0.4, 0.5) is 0 Å². The van der Waals surface area contributed by atoms with Crippen molar-refractivity contribution >= 4 is 0 Å². The first kappa shape index (κ1) is 7.94. The maximum Gasteiger partial charge on any atom is 0.0641 e. The van der Waals surface area contributed by atoms with E-state index in [1.54, 1.807) is 0 Å². The highest BCUT2D eigenvalue weighted by atomic mass is 16.3. The highest BCUT2D eigenvalue weighted by molar-refractivity contribution is 4.90. The monoisotopic (exact) mass is 145 g/mol. The molecule has 60 valence electrons. The van der Waals surface area contributed by atoms with Gasteiger partial charge in [-0.3, -0.25) is 0 Å². The molecule has 1 aliphatic rings. The Bertz CT molecular complexity index is 99.2. The molecule has 1 saturated heterocycles. The van der Waals surface area contributed by atoms with Crippen molar-refractivity contribution in [1.29, 1.82) is 0 Å². The van der Waals surface area contributed by atoms with Gasteiger partial charge in [-0.2, -0.15) is 0 Å². The van der Waals surface area contributed by atoms with Crippen molar-refractivity contribution in [3.8, 4) is 0 Å². The van der Waals surface area contributed by atoms with Crippen molar-refractivity contribution in [3.63, 3.8) is 0 Å². The van der Waals surface area contributed by atoms with Crippen molar-refractivity contribution in [3.05, 3.63) is 0 Å². The van der Waals surface area contributed by atoms with Gasteiger partial charge in [0, 0.05) is 26.2 Å². The Labute approximate surface area is 60.8 Å². The van der Waals surface area contributed by atoms with E-state index in [4.69, 9.17) is 10.8 Å². The predicted molar refractivity (Wildman–Crippen MR) is 39.7 cm³/mol. The number of hydrogen-bond donors (Lipinski definition) is 4. The van der Waals surface area contributed by atoms with Gasteiger partial charge in [0.15, 0.2) is 0 Å². The zero-order chi connectivity index (χ0) is 7.45. The molecule has 0 saturated carbocycles. The van der Waals surface area contributed by atoms with Gasteiger partial charge in [-0.25, -0.2) is 0 Å². The molecule has 1 heterocycles. The second-order valence-corrected chi connectivity index (χ2v) is 2.87. The minimum absolute atomic E-state index is 0.0347. The third-order valence-electron chi connectivity index (χ3n) is 1.75. The molecule has 0 aromatic rings. The summed E-state index contributed by atoms with van der Waals surface area (Å²) in [5.74, 6) is 0. The average molecular weight is 145 g/mol. The summed E-state index contributed by atoms with van der Waals surface area (Å²) >= 11 is 0. The molecule has 10 heavy (non-hydrogen) atoms. The fraction of sp³-hybridized carbons (Fsp3) is 1.00. The summed E-state index contributed by atoms with van der Waals surface area (Å²) in [6.45, 7) is 3.28. The van der Waals surface area contributed by atoms with Crippen LogP contribution in [-0.4, -0.2) is 43.4 Å². The van der Waals surface area contributed by atoms with Crippen molar-refractivity contribution in [2.75, 3.05) is 32.8 Å². The Morgan fingerprint density at radius 2 is 1.80 bits per heavy atom. The molecule has 4 nitrogen and oxygen atoms in total. The SMILES string of the molecule is NC1(CO)CNCCNC1. The molecule has 0 atom stereocenters. The highest BCUT2D eigenvalue weighted by Gasteiger charge is 2.24. The first-order valence-corrected chi connectivity index (χ1v) is 3.58. The average Bonchev–Trinajstić information content (AvgIpc) is 2.15. The second kappa shape index (κ2) is 3.30. The van der Waals surface area contributed by atoms with E-state index in [-0.39, 0.29) is 6.61 Å². The Morgan fingerprint density at radius 3 is 2.20 bits per heavy atom. The summed E-state index contributed by atoms with van der Waals surface area (Å²) in [4.78, 5) is 0. The van der Waals surface area contributed by atoms with Gasteiger partial charge >= 0.3 is 0 Å². The molecule has 1 rings (SSSR count). The van der Waals surface area contributed by atoms with Crippen molar-refractivity contribution in [2.45, 2.75) is 5.54 Å². The molecule has 0 bridgehead atoms. The number of hydrogen-bond acceptors (Lipinski definition) is 4. The number of aliphatic hydroxyl groups is 1. The Hall–Kier alpha value is -0.160. The molecular formula is C6H15N3O. The quantitative estimate of drug-likeness (QED) is 0.340. The first-order valence-electron chi connectivity index (χ1n) is 3.58. The standard InChI is InChI=1S/C6H15N3O/c7-6(5-10)3-8-1-2-9-4-6/h8-10H,1-5,7H2. The lowest BCUT2D eigenvalue weighted by Gasteiger charge is -2.24. The Kier molecular flexibility index (Phi) is 2.62. The molecule has 0 amide bonds. The topological polar surface area (TPSA) is 70.3 Å². The summed E-state index contributed by atoms with van der Waals surface area (Å²) in [7, 11) is 0. The van der Waals surface area contributed by atoms with Gasteiger partial charge < -0.3 is 21.5 Å². The van der Waals surface area contributed by atoms with Gasteiger partial charge in [0.25, 0.3) is 0 Å². The normalized spacial score (nSPS) is 25.8. The summed E-state index contributed by atoms with van der Waals surface area (Å²) < 4.78 is 0. The fourth-order valence-corrected chi connectivity index (χ4v) is 1.03. The zero-order valence-corrected chi connectivity index (χ0v) is 6.06. The van der Waals surface area contributed by atoms with Crippen LogP contribution in [0.1, 0.15) is 0 Å². The van der Waals surface area contributed by atoms with Gasteiger partial charge in [0.2, 0.25) is 0 Å². The van der Waals surface area contributed by atoms with Crippen molar-refractivity contribution in [2.24, 2.45) is 5.73 Å². The molecular weight excluding hydrogens is 130 g/mol. The minimum Gasteiger partial charge on any atom is -0.394 e. The maximum absolute atomic E-state index is 8.87. The van der Waals surface area contributed by atoms with Crippen molar-refractivity contribution in [1.82, 2.24) is 10.6 Å². The lowest BCUT2D eigenvalue weighted by Crippen LogP contribution is -2.55. The largest absolute Gasteiger partial charge is 0.394 e. The lowest BCUT2D eigenvalue weighted by molar-refractivity contribution is 0.196. The van der Waals surface area contributed by atoms with E-state index in [9.17, 15) is 0 Å². The van der Waals surface area contributed by atoms with Crippen LogP contribution >= 0.6 is 0 Å². The summed E-state index contributed by atoms with van der Waals surface area (Å²) in [6, 6.07) is 0. The molecule has 4 heteroatoms. The Morgan fingerprint density at radius 1 is 1.30 bits per heavy atom. The number of nitrogens with two attached hydrogens (primary N) is 1. The fourth-order valence-electron chi connectivity index (χ4n) is 1.03. The lowest BCUT2D eigenvalue weighted by atomic mass is 10.0. The third kappa shape index (κ3) is 1.91. The molecule has 0 radical (unpaired) electrons. The van der Waals surface area contributed by atoms with E-state index in [0.717, 1.165) is 13.1 Å². The van der Waals surface area contributed by atoms with Crippen LogP contribution in [0.3, 0.4) is 0 Å². The molecule has 1 fully saturated rings. The molecule has 0 aromatic carbocycles. The van der Waals surface area contributed by atoms with E-state index in [1.165, 1.54) is 0 Å². The number of nitrogens with one attached hydrogen (secondary N) is 2. The molecule has 0 aromatic heterocycles. The zero-order valence-electron chi connectivity index (χ0n) is 6.06. The predicted octanol–water partition coefficient (Wildman–Crippen LogP) is -2.13. The third-order valence-corrected chi connectivity index (χ3v) is 1.75. The Balaban J connectivity index is 2.41. The van der Waals surface area contributed by atoms with Crippen LogP contribution in [0, 0.1) is 0 Å². The molecule has 0 spiro atoms. The van der Waals surface area contributed by atoms with Crippen LogP contribution in [0.5, 0.6) is 0 Å². The van der Waals surface area contributed by atoms with E-state index < -0.39 is 5.54 Å². The van der Waals surface area contributed by atoms with Gasteiger partial charge in [-0.1, -0.05) is 0 Å². The van der Waals surface area contributed by atoms with Gasteiger partial charge in [-0.15, -0.1) is 0 Å². The first-order chi connectivity index (χ1) is 4.77. The summed E-state index contributed by atoms with van der Waals surface area (Å²) in [6.07, 6.45) is 0. The smallest absolute Gasteiger partial charge is 0.0641 e. The number of rotatable bonds is 1. The summed E-state index contributed by atoms with van der Waals surface area (Å²) in [5.41, 5.74) is 5.32. The molecule has 5 N–H and O–H groups in total. The number of aliphatic hydroxyl groups excluding tert-OH is 1. The van der Waals surface area contributed by atoms with Crippen LogP contribution in [0.25, 0.3) is 0 Å². The van der Waals surface area contributed by atoms with E-state index in [2.05, 4.69) is 10.6 Å². The van der Waals surface area contributed by atoms with Gasteiger partial charge in [-0.05, 0) is 0 Å². The molecule has 1 aliphatic heterocycles. The van der Waals surface area contributed by atoms with Gasteiger partial charge in [0.05, 0.1) is 12.1 Å². The van der Waals surface area contributed by atoms with Crippen LogP contribution in [0.2, 0.25) is 0 Å². The van der Waals surface area contributed by atoms with E-state index >= 15 is 0 Å². The van der Waals surface area contributed by atoms with Crippen molar-refractivity contribution < 1.29 is 5.11 Å². The van der Waals surface area contributed by atoms with Crippen LogP contribution in [-0.2, 0) is 0 Å². The maximum atomic E-state index is 8.87. The van der Waals surface area contributed by atoms with Gasteiger partial charge in [0.1, 0.15) is 0 Å². The van der Waals surface area contributed by atoms with E-state index in [1.807, 2.05) is 0 Å². The minimum atomic E-state index is -0.462. The van der Waals surface area contributed by atoms with Crippen LogP contribution in [0.15, 0.2) is 0 Å². The van der Waals surface area contributed by atoms with E-state index in [0.29, 0.717) is 13.1 Å².